The molecular formula is C19H32N4O3S. The molecule has 0 fully saturated rings. The van der Waals surface area contributed by atoms with Crippen LogP contribution in [-0.2, 0) is 27.2 Å². The Morgan fingerprint density at radius 3 is 3.04 bits per heavy atom. The van der Waals surface area contributed by atoms with Crippen LogP contribution in [0.1, 0.15) is 30.2 Å². The molecule has 2 N–H and O–H groups in total. The summed E-state index contributed by atoms with van der Waals surface area (Å²) >= 11 is 1.79. The molecule has 2 rings (SSSR count). The second-order valence-corrected chi connectivity index (χ2v) is 7.33. The summed E-state index contributed by atoms with van der Waals surface area (Å²) in [5.74, 6) is 0.947. The maximum atomic E-state index is 12.5. The molecule has 2 heterocycles. The van der Waals surface area contributed by atoms with Crippen LogP contribution in [0.15, 0.2) is 16.4 Å². The number of methoxy groups -OCH3 is 1. The summed E-state index contributed by atoms with van der Waals surface area (Å²) in [6, 6.07) is 2.13. The van der Waals surface area contributed by atoms with E-state index in [1.165, 1.54) is 10.4 Å². The Kier molecular flexibility index (Phi) is 10.2. The molecule has 152 valence electrons. The third kappa shape index (κ3) is 7.86. The third-order valence-corrected chi connectivity index (χ3v) is 5.31. The molecule has 0 aromatic carbocycles. The molecular weight excluding hydrogens is 364 g/mol. The van der Waals surface area contributed by atoms with Crippen LogP contribution in [-0.4, -0.2) is 69.9 Å². The average Bonchev–Trinajstić information content (AvgIpc) is 3.15. The van der Waals surface area contributed by atoms with Crippen molar-refractivity contribution in [3.05, 3.63) is 21.9 Å². The van der Waals surface area contributed by atoms with Gasteiger partial charge >= 0.3 is 0 Å². The van der Waals surface area contributed by atoms with Gasteiger partial charge in [-0.2, -0.15) is 0 Å². The third-order valence-electron chi connectivity index (χ3n) is 4.28. The predicted molar refractivity (Wildman–Crippen MR) is 109 cm³/mol. The highest BCUT2D eigenvalue weighted by atomic mass is 32.1. The normalized spacial score (nSPS) is 14.1. The van der Waals surface area contributed by atoms with E-state index in [0.29, 0.717) is 39.3 Å². The summed E-state index contributed by atoms with van der Waals surface area (Å²) in [4.78, 5) is 20.4. The number of hydrogen-bond donors (Lipinski definition) is 2. The van der Waals surface area contributed by atoms with Gasteiger partial charge in [-0.25, -0.2) is 0 Å². The molecule has 7 nitrogen and oxygen atoms in total. The molecule has 0 unspecified atom stereocenters. The molecule has 0 saturated carbocycles. The van der Waals surface area contributed by atoms with E-state index >= 15 is 0 Å². The smallest absolute Gasteiger partial charge is 0.224 e. The summed E-state index contributed by atoms with van der Waals surface area (Å²) in [6.07, 6.45) is 2.31. The van der Waals surface area contributed by atoms with Crippen molar-refractivity contribution in [1.29, 1.82) is 0 Å². The van der Waals surface area contributed by atoms with Crippen molar-refractivity contribution in [1.82, 2.24) is 15.5 Å². The molecule has 0 radical (unpaired) electrons. The fourth-order valence-corrected chi connectivity index (χ4v) is 3.74. The lowest BCUT2D eigenvalue weighted by Crippen LogP contribution is -2.41. The van der Waals surface area contributed by atoms with Gasteiger partial charge in [0.15, 0.2) is 5.96 Å². The van der Waals surface area contributed by atoms with Crippen molar-refractivity contribution >= 4 is 23.2 Å². The number of nitrogens with zero attached hydrogens (tertiary/aromatic N) is 2. The molecule has 8 heteroatoms. The van der Waals surface area contributed by atoms with E-state index in [1.807, 2.05) is 11.8 Å². The maximum Gasteiger partial charge on any atom is 0.224 e. The monoisotopic (exact) mass is 396 g/mol. The van der Waals surface area contributed by atoms with E-state index in [9.17, 15) is 4.79 Å². The minimum atomic E-state index is 0.196. The zero-order chi connectivity index (χ0) is 19.3. The van der Waals surface area contributed by atoms with E-state index in [-0.39, 0.29) is 5.91 Å². The van der Waals surface area contributed by atoms with Gasteiger partial charge in [0.05, 0.1) is 13.2 Å². The van der Waals surface area contributed by atoms with Crippen LogP contribution < -0.4 is 10.6 Å². The van der Waals surface area contributed by atoms with E-state index in [1.54, 1.807) is 18.4 Å². The number of thiophene rings is 1. The SMILES string of the molecule is CCNC(=NCCCOCCOC)NCCC(=O)N1CCc2sccc2C1. The highest BCUT2D eigenvalue weighted by Crippen LogP contribution is 2.24. The van der Waals surface area contributed by atoms with Crippen molar-refractivity contribution in [2.45, 2.75) is 32.7 Å². The Labute approximate surface area is 166 Å². The topological polar surface area (TPSA) is 75.2 Å². The van der Waals surface area contributed by atoms with Crippen molar-refractivity contribution in [2.24, 2.45) is 4.99 Å². The first-order valence-corrected chi connectivity index (χ1v) is 10.5. The lowest BCUT2D eigenvalue weighted by Gasteiger charge is -2.27. The minimum Gasteiger partial charge on any atom is -0.382 e. The predicted octanol–water partition coefficient (Wildman–Crippen LogP) is 1.63. The van der Waals surface area contributed by atoms with Crippen LogP contribution in [0.3, 0.4) is 0 Å². The molecule has 1 aromatic rings. The molecule has 1 aliphatic heterocycles. The van der Waals surface area contributed by atoms with Gasteiger partial charge in [-0.05, 0) is 36.8 Å². The lowest BCUT2D eigenvalue weighted by atomic mass is 10.1. The Morgan fingerprint density at radius 1 is 1.33 bits per heavy atom. The highest BCUT2D eigenvalue weighted by molar-refractivity contribution is 7.10. The zero-order valence-corrected chi connectivity index (χ0v) is 17.3. The summed E-state index contributed by atoms with van der Waals surface area (Å²) in [7, 11) is 1.66. The van der Waals surface area contributed by atoms with Gasteiger partial charge in [-0.15, -0.1) is 11.3 Å². The number of carbonyl (C=O) groups excluding carboxylic acids is 1. The number of aliphatic imine (C=N–C) groups is 1. The Hall–Kier alpha value is -1.64. The van der Waals surface area contributed by atoms with Gasteiger partial charge in [0.1, 0.15) is 0 Å². The first kappa shape index (κ1) is 21.7. The van der Waals surface area contributed by atoms with E-state index in [4.69, 9.17) is 9.47 Å². The molecule has 0 aliphatic carbocycles. The molecule has 1 aliphatic rings. The van der Waals surface area contributed by atoms with Crippen molar-refractivity contribution in [3.8, 4) is 0 Å². The molecule has 27 heavy (non-hydrogen) atoms. The lowest BCUT2D eigenvalue weighted by molar-refractivity contribution is -0.131. The average molecular weight is 397 g/mol. The quantitative estimate of drug-likeness (QED) is 0.338. The van der Waals surface area contributed by atoms with E-state index in [0.717, 1.165) is 38.4 Å². The number of fused-ring (bicyclic) bond motifs is 1. The van der Waals surface area contributed by atoms with Crippen LogP contribution in [0.2, 0.25) is 0 Å². The summed E-state index contributed by atoms with van der Waals surface area (Å²) < 4.78 is 10.4. The Bertz CT molecular complexity index is 591. The zero-order valence-electron chi connectivity index (χ0n) is 16.5. The summed E-state index contributed by atoms with van der Waals surface area (Å²) in [5.41, 5.74) is 1.30. The standard InChI is InChI=1S/C19H32N4O3S/c1-3-20-19(21-8-4-11-26-13-12-25-2)22-9-5-18(24)23-10-6-17-16(15-23)7-14-27-17/h7,14H,3-6,8-13,15H2,1-2H3,(H2,20,21,22). The summed E-state index contributed by atoms with van der Waals surface area (Å²) in [6.45, 7) is 7.56. The fourth-order valence-electron chi connectivity index (χ4n) is 2.85. The second-order valence-electron chi connectivity index (χ2n) is 6.33. The van der Waals surface area contributed by atoms with Gasteiger partial charge in [-0.3, -0.25) is 9.79 Å². The largest absolute Gasteiger partial charge is 0.382 e. The first-order chi connectivity index (χ1) is 13.2. The Balaban J connectivity index is 1.64. The number of nitrogens with one attached hydrogen (secondary N) is 2. The van der Waals surface area contributed by atoms with Crippen LogP contribution in [0.25, 0.3) is 0 Å². The molecule has 0 bridgehead atoms. The van der Waals surface area contributed by atoms with Crippen LogP contribution in [0.5, 0.6) is 0 Å². The van der Waals surface area contributed by atoms with Gasteiger partial charge in [0, 0.05) is 57.7 Å². The molecule has 0 atom stereocenters. The number of carbonyl (C=O) groups is 1. The number of guanidine groups is 1. The highest BCUT2D eigenvalue weighted by Gasteiger charge is 2.20. The van der Waals surface area contributed by atoms with Gasteiger partial charge in [-0.1, -0.05) is 0 Å². The maximum absolute atomic E-state index is 12.5. The van der Waals surface area contributed by atoms with Gasteiger partial charge in [0.2, 0.25) is 5.91 Å². The number of amides is 1. The fraction of sp³-hybridized carbons (Fsp3) is 0.684. The first-order valence-electron chi connectivity index (χ1n) is 9.66. The minimum absolute atomic E-state index is 0.196. The molecule has 0 spiro atoms. The van der Waals surface area contributed by atoms with Gasteiger partial charge < -0.3 is 25.0 Å². The van der Waals surface area contributed by atoms with Crippen molar-refractivity contribution in [3.63, 3.8) is 0 Å². The number of ether oxygens (including phenoxy) is 2. The van der Waals surface area contributed by atoms with E-state index in [2.05, 4.69) is 27.1 Å². The molecule has 1 aromatic heterocycles. The van der Waals surface area contributed by atoms with Crippen LogP contribution >= 0.6 is 11.3 Å². The van der Waals surface area contributed by atoms with Gasteiger partial charge in [0.25, 0.3) is 0 Å². The van der Waals surface area contributed by atoms with Crippen molar-refractivity contribution in [2.75, 3.05) is 53.1 Å². The Morgan fingerprint density at radius 2 is 2.22 bits per heavy atom. The van der Waals surface area contributed by atoms with Crippen molar-refractivity contribution < 1.29 is 14.3 Å². The molecule has 0 saturated heterocycles. The molecule has 1 amide bonds. The number of hydrogen-bond acceptors (Lipinski definition) is 5. The summed E-state index contributed by atoms with van der Waals surface area (Å²) in [5, 5.41) is 8.57. The van der Waals surface area contributed by atoms with Crippen LogP contribution in [0.4, 0.5) is 0 Å². The van der Waals surface area contributed by atoms with E-state index < -0.39 is 0 Å². The second kappa shape index (κ2) is 12.7. The number of rotatable bonds is 11. The van der Waals surface area contributed by atoms with Crippen LogP contribution in [0, 0.1) is 0 Å².